The second kappa shape index (κ2) is 9.44. The van der Waals surface area contributed by atoms with Crippen molar-refractivity contribution in [2.24, 2.45) is 0 Å². The van der Waals surface area contributed by atoms with Crippen molar-refractivity contribution >= 4 is 17.7 Å². The van der Waals surface area contributed by atoms with Crippen LogP contribution >= 0.6 is 0 Å². The number of carbonyl (C=O) groups excluding carboxylic acids is 1. The van der Waals surface area contributed by atoms with Gasteiger partial charge in [0.2, 0.25) is 5.95 Å². The van der Waals surface area contributed by atoms with Crippen LogP contribution in [0.5, 0.6) is 0 Å². The molecule has 3 rings (SSSR count). The summed E-state index contributed by atoms with van der Waals surface area (Å²) in [6.07, 6.45) is -6.10. The van der Waals surface area contributed by atoms with Crippen LogP contribution in [0.2, 0.25) is 0 Å². The van der Waals surface area contributed by atoms with Crippen molar-refractivity contribution in [2.45, 2.75) is 57.0 Å². The van der Waals surface area contributed by atoms with E-state index >= 15 is 0 Å². The Bertz CT molecular complexity index is 967. The van der Waals surface area contributed by atoms with Gasteiger partial charge in [0.25, 0.3) is 5.91 Å². The minimum absolute atomic E-state index is 0.000273. The molecule has 1 fully saturated rings. The molecule has 6 nitrogen and oxygen atoms in total. The smallest absolute Gasteiger partial charge is 0.373 e. The zero-order chi connectivity index (χ0) is 24.4. The van der Waals surface area contributed by atoms with Crippen molar-refractivity contribution in [3.05, 3.63) is 46.6 Å². The quantitative estimate of drug-likeness (QED) is 0.530. The Kier molecular flexibility index (Phi) is 7.03. The molecule has 0 atom stereocenters. The number of nitrogens with one attached hydrogen (secondary N) is 3. The first-order valence-electron chi connectivity index (χ1n) is 10.2. The molecule has 1 amide bonds. The number of amides is 1. The molecule has 0 spiro atoms. The molecule has 1 aliphatic carbocycles. The number of aryl methyl sites for hydroxylation is 1. The number of anilines is 2. The standard InChI is InChI=1S/C21H23F6N5O/c1-11-10-29-19(32-17(11)28-2)31-16-5-3-15(4-6-16)30-18(33)12-7-13(20(22,23)24)9-14(8-12)21(25,26)27/h7-10,15-16H,3-6H2,1-2H3,(H,30,33)(H2,28,29,31,32). The van der Waals surface area contributed by atoms with Crippen LogP contribution in [0.4, 0.5) is 38.1 Å². The Morgan fingerprint density at radius 1 is 0.939 bits per heavy atom. The number of carbonyl (C=O) groups is 1. The maximum Gasteiger partial charge on any atom is 0.416 e. The number of rotatable bonds is 5. The first kappa shape index (κ1) is 24.6. The third-order valence-corrected chi connectivity index (χ3v) is 5.45. The Balaban J connectivity index is 1.63. The van der Waals surface area contributed by atoms with Crippen molar-refractivity contribution in [3.8, 4) is 0 Å². The summed E-state index contributed by atoms with van der Waals surface area (Å²) >= 11 is 0. The molecule has 1 aliphatic rings. The van der Waals surface area contributed by atoms with Gasteiger partial charge in [-0.25, -0.2) is 4.98 Å². The van der Waals surface area contributed by atoms with E-state index in [1.165, 1.54) is 0 Å². The molecule has 0 unspecified atom stereocenters. The molecule has 180 valence electrons. The second-order valence-corrected chi connectivity index (χ2v) is 7.94. The van der Waals surface area contributed by atoms with Crippen LogP contribution in [0.1, 0.15) is 52.7 Å². The summed E-state index contributed by atoms with van der Waals surface area (Å²) in [4.78, 5) is 21.0. The number of benzene rings is 1. The van der Waals surface area contributed by atoms with E-state index in [9.17, 15) is 31.1 Å². The molecule has 0 aliphatic heterocycles. The van der Waals surface area contributed by atoms with Crippen LogP contribution < -0.4 is 16.0 Å². The van der Waals surface area contributed by atoms with Crippen molar-refractivity contribution in [1.82, 2.24) is 15.3 Å². The highest BCUT2D eigenvalue weighted by molar-refractivity contribution is 5.94. The summed E-state index contributed by atoms with van der Waals surface area (Å²) in [6, 6.07) is 0.528. The van der Waals surface area contributed by atoms with Crippen LogP contribution in [0, 0.1) is 6.92 Å². The normalized spacial score (nSPS) is 19.2. The van der Waals surface area contributed by atoms with Crippen LogP contribution in [-0.4, -0.2) is 35.0 Å². The number of hydrogen-bond acceptors (Lipinski definition) is 5. The van der Waals surface area contributed by atoms with Gasteiger partial charge in [0, 0.05) is 36.5 Å². The molecule has 12 heteroatoms. The summed E-state index contributed by atoms with van der Waals surface area (Å²) in [7, 11) is 1.75. The molecule has 33 heavy (non-hydrogen) atoms. The lowest BCUT2D eigenvalue weighted by Gasteiger charge is -2.30. The third kappa shape index (κ3) is 6.26. The Morgan fingerprint density at radius 3 is 2.00 bits per heavy atom. The van der Waals surface area contributed by atoms with E-state index < -0.39 is 35.0 Å². The summed E-state index contributed by atoms with van der Waals surface area (Å²) in [5.41, 5.74) is -2.83. The Labute approximate surface area is 186 Å². The summed E-state index contributed by atoms with van der Waals surface area (Å²) in [6.45, 7) is 1.87. The Morgan fingerprint density at radius 2 is 1.48 bits per heavy atom. The van der Waals surface area contributed by atoms with E-state index in [-0.39, 0.29) is 18.2 Å². The van der Waals surface area contributed by atoms with Crippen LogP contribution in [0.3, 0.4) is 0 Å². The predicted molar refractivity (Wildman–Crippen MR) is 110 cm³/mol. The van der Waals surface area contributed by atoms with Gasteiger partial charge in [0.05, 0.1) is 11.1 Å². The van der Waals surface area contributed by atoms with Gasteiger partial charge in [-0.05, 0) is 50.8 Å². The fourth-order valence-corrected chi connectivity index (χ4v) is 3.68. The van der Waals surface area contributed by atoms with E-state index in [1.807, 2.05) is 6.92 Å². The number of alkyl halides is 6. The fraction of sp³-hybridized carbons (Fsp3) is 0.476. The maximum absolute atomic E-state index is 13.0. The average molecular weight is 475 g/mol. The van der Waals surface area contributed by atoms with Gasteiger partial charge in [-0.3, -0.25) is 4.79 Å². The van der Waals surface area contributed by atoms with Gasteiger partial charge in [-0.15, -0.1) is 0 Å². The fourth-order valence-electron chi connectivity index (χ4n) is 3.68. The number of hydrogen-bond donors (Lipinski definition) is 3. The van der Waals surface area contributed by atoms with Crippen LogP contribution in [-0.2, 0) is 12.4 Å². The number of nitrogens with zero attached hydrogens (tertiary/aromatic N) is 2. The highest BCUT2D eigenvalue weighted by atomic mass is 19.4. The molecule has 0 radical (unpaired) electrons. The van der Waals surface area contributed by atoms with E-state index in [0.29, 0.717) is 49.6 Å². The van der Waals surface area contributed by atoms with Gasteiger partial charge in [0.1, 0.15) is 5.82 Å². The lowest BCUT2D eigenvalue weighted by Crippen LogP contribution is -2.40. The molecule has 1 aromatic carbocycles. The summed E-state index contributed by atoms with van der Waals surface area (Å²) in [5.74, 6) is 0.164. The SMILES string of the molecule is CNc1nc(NC2CCC(NC(=O)c3cc(C(F)(F)F)cc(C(F)(F)F)c3)CC2)ncc1C. The minimum atomic E-state index is -5.01. The lowest BCUT2D eigenvalue weighted by atomic mass is 9.91. The summed E-state index contributed by atoms with van der Waals surface area (Å²) in [5, 5.41) is 8.74. The molecule has 1 aromatic heterocycles. The highest BCUT2D eigenvalue weighted by Gasteiger charge is 2.37. The van der Waals surface area contributed by atoms with Gasteiger partial charge in [0.15, 0.2) is 0 Å². The lowest BCUT2D eigenvalue weighted by molar-refractivity contribution is -0.143. The van der Waals surface area contributed by atoms with Crippen LogP contribution in [0.25, 0.3) is 0 Å². The highest BCUT2D eigenvalue weighted by Crippen LogP contribution is 2.36. The summed E-state index contributed by atoms with van der Waals surface area (Å²) < 4.78 is 78.2. The van der Waals surface area contributed by atoms with Crippen molar-refractivity contribution < 1.29 is 31.1 Å². The zero-order valence-corrected chi connectivity index (χ0v) is 17.9. The molecule has 3 N–H and O–H groups in total. The molecule has 1 heterocycles. The first-order chi connectivity index (χ1) is 15.4. The molecule has 0 bridgehead atoms. The molecule has 2 aromatic rings. The third-order valence-electron chi connectivity index (χ3n) is 5.45. The van der Waals surface area contributed by atoms with Gasteiger partial charge in [-0.2, -0.15) is 31.3 Å². The largest absolute Gasteiger partial charge is 0.416 e. The van der Waals surface area contributed by atoms with E-state index in [0.717, 1.165) is 5.56 Å². The van der Waals surface area contributed by atoms with Crippen molar-refractivity contribution in [3.63, 3.8) is 0 Å². The Hall–Kier alpha value is -3.05. The molecule has 1 saturated carbocycles. The van der Waals surface area contributed by atoms with E-state index in [2.05, 4.69) is 25.9 Å². The van der Waals surface area contributed by atoms with Gasteiger partial charge in [-0.1, -0.05) is 0 Å². The second-order valence-electron chi connectivity index (χ2n) is 7.94. The monoisotopic (exact) mass is 475 g/mol. The van der Waals surface area contributed by atoms with E-state index in [1.54, 1.807) is 13.2 Å². The maximum atomic E-state index is 13.0. The zero-order valence-electron chi connectivity index (χ0n) is 17.9. The first-order valence-corrected chi connectivity index (χ1v) is 10.2. The topological polar surface area (TPSA) is 78.9 Å². The molecular weight excluding hydrogens is 452 g/mol. The van der Waals surface area contributed by atoms with Crippen molar-refractivity contribution in [1.29, 1.82) is 0 Å². The van der Waals surface area contributed by atoms with E-state index in [4.69, 9.17) is 0 Å². The van der Waals surface area contributed by atoms with Gasteiger partial charge < -0.3 is 16.0 Å². The van der Waals surface area contributed by atoms with Gasteiger partial charge >= 0.3 is 12.4 Å². The molecule has 0 saturated heterocycles. The van der Waals surface area contributed by atoms with Crippen molar-refractivity contribution in [2.75, 3.05) is 17.7 Å². The number of aromatic nitrogens is 2. The van der Waals surface area contributed by atoms with Crippen LogP contribution in [0.15, 0.2) is 24.4 Å². The molecular formula is C21H23F6N5O. The predicted octanol–water partition coefficient (Wildman–Crippen LogP) is 5.02. The average Bonchev–Trinajstić information content (AvgIpc) is 2.75. The number of halogens is 6. The minimum Gasteiger partial charge on any atom is -0.373 e.